The summed E-state index contributed by atoms with van der Waals surface area (Å²) in [4.78, 5) is 17.4. The quantitative estimate of drug-likeness (QED) is 0.548. The topological polar surface area (TPSA) is 104 Å². The van der Waals surface area contributed by atoms with Crippen LogP contribution in [-0.2, 0) is 11.0 Å². The second-order valence-electron chi connectivity index (χ2n) is 3.36. The van der Waals surface area contributed by atoms with Crippen molar-refractivity contribution in [2.75, 3.05) is 0 Å². The number of rotatable bonds is 4. The van der Waals surface area contributed by atoms with Crippen molar-refractivity contribution in [2.24, 2.45) is 5.73 Å². The molecule has 0 spiro atoms. The Morgan fingerprint density at radius 3 is 2.27 bits per heavy atom. The van der Waals surface area contributed by atoms with Crippen LogP contribution in [0.25, 0.3) is 0 Å². The Kier molecular flexibility index (Phi) is 4.02. The second-order valence-corrected chi connectivity index (χ2v) is 5.06. The van der Waals surface area contributed by atoms with Crippen LogP contribution in [0.3, 0.4) is 0 Å². The lowest BCUT2D eigenvalue weighted by Gasteiger charge is -2.19. The zero-order valence-electron chi connectivity index (χ0n) is 8.02. The molecule has 84 valence electrons. The van der Waals surface area contributed by atoms with Gasteiger partial charge < -0.3 is 20.6 Å². The molecule has 0 aliphatic carbocycles. The lowest BCUT2D eigenvalue weighted by atomic mass is 10.1. The van der Waals surface area contributed by atoms with Crippen LogP contribution in [0, 0.1) is 0 Å². The maximum Gasteiger partial charge on any atom is 0.355 e. The van der Waals surface area contributed by atoms with Gasteiger partial charge in [0.15, 0.2) is 5.85 Å². The zero-order valence-corrected chi connectivity index (χ0v) is 8.92. The Bertz CT molecular complexity index is 350. The van der Waals surface area contributed by atoms with Crippen molar-refractivity contribution < 1.29 is 19.5 Å². The van der Waals surface area contributed by atoms with Crippen LogP contribution in [0.1, 0.15) is 5.56 Å². The minimum Gasteiger partial charge on any atom is -0.379 e. The Morgan fingerprint density at radius 2 is 1.80 bits per heavy atom. The molecule has 0 aromatic heterocycles. The van der Waals surface area contributed by atoms with Crippen LogP contribution in [0.2, 0.25) is 0 Å². The average Bonchev–Trinajstić information content (AvgIpc) is 2.16. The smallest absolute Gasteiger partial charge is 0.355 e. The molecule has 6 heteroatoms. The molecule has 0 saturated carbocycles. The van der Waals surface area contributed by atoms with Crippen LogP contribution >= 0.6 is 7.60 Å². The highest BCUT2D eigenvalue weighted by molar-refractivity contribution is 7.52. The van der Waals surface area contributed by atoms with Crippen LogP contribution in [0.5, 0.6) is 0 Å². The maximum absolute atomic E-state index is 10.7. The summed E-state index contributed by atoms with van der Waals surface area (Å²) in [6.07, 6.45) is 0.229. The predicted octanol–water partition coefficient (Wildman–Crippen LogP) is 0.0525. The van der Waals surface area contributed by atoms with E-state index in [1.54, 1.807) is 24.3 Å². The van der Waals surface area contributed by atoms with E-state index in [-0.39, 0.29) is 6.42 Å². The summed E-state index contributed by atoms with van der Waals surface area (Å²) in [5, 5.41) is 9.23. The monoisotopic (exact) mass is 231 g/mol. The molecule has 0 unspecified atom stereocenters. The van der Waals surface area contributed by atoms with E-state index in [2.05, 4.69) is 0 Å². The third kappa shape index (κ3) is 3.74. The van der Waals surface area contributed by atoms with E-state index in [0.29, 0.717) is 0 Å². The Hall–Kier alpha value is -0.710. The van der Waals surface area contributed by atoms with Crippen molar-refractivity contribution in [3.63, 3.8) is 0 Å². The highest BCUT2D eigenvalue weighted by atomic mass is 31.2. The van der Waals surface area contributed by atoms with Crippen molar-refractivity contribution in [1.29, 1.82) is 0 Å². The average molecular weight is 231 g/mol. The molecule has 5 nitrogen and oxygen atoms in total. The van der Waals surface area contributed by atoms with Crippen molar-refractivity contribution in [3.05, 3.63) is 35.9 Å². The molecule has 1 aromatic rings. The third-order valence-corrected chi connectivity index (χ3v) is 3.11. The summed E-state index contributed by atoms with van der Waals surface area (Å²) in [6.45, 7) is 0. The van der Waals surface area contributed by atoms with E-state index in [1.807, 2.05) is 6.07 Å². The fourth-order valence-corrected chi connectivity index (χ4v) is 1.85. The van der Waals surface area contributed by atoms with E-state index >= 15 is 0 Å². The maximum atomic E-state index is 10.7. The summed E-state index contributed by atoms with van der Waals surface area (Å²) in [5.74, 6) is -1.81. The van der Waals surface area contributed by atoms with Gasteiger partial charge in [0.25, 0.3) is 0 Å². The normalized spacial score (nSPS) is 16.0. The Labute approximate surface area is 87.7 Å². The molecule has 0 heterocycles. The molecule has 1 rings (SSSR count). The largest absolute Gasteiger partial charge is 0.379 e. The second kappa shape index (κ2) is 4.88. The van der Waals surface area contributed by atoms with E-state index < -0.39 is 19.5 Å². The number of hydrogen-bond acceptors (Lipinski definition) is 3. The van der Waals surface area contributed by atoms with E-state index in [0.717, 1.165) is 5.56 Å². The van der Waals surface area contributed by atoms with Gasteiger partial charge in [-0.2, -0.15) is 0 Å². The van der Waals surface area contributed by atoms with Gasteiger partial charge in [0.2, 0.25) is 0 Å². The number of aliphatic hydroxyl groups is 1. The fraction of sp³-hybridized carbons (Fsp3) is 0.333. The first kappa shape index (κ1) is 12.4. The van der Waals surface area contributed by atoms with Gasteiger partial charge in [-0.3, -0.25) is 4.57 Å². The lowest BCUT2D eigenvalue weighted by molar-refractivity contribution is 0.176. The molecular formula is C9H14NO4P. The Morgan fingerprint density at radius 1 is 1.27 bits per heavy atom. The van der Waals surface area contributed by atoms with Gasteiger partial charge in [0.05, 0.1) is 0 Å². The first-order chi connectivity index (χ1) is 6.91. The molecule has 0 bridgehead atoms. The van der Waals surface area contributed by atoms with E-state index in [9.17, 15) is 9.67 Å². The van der Waals surface area contributed by atoms with Crippen molar-refractivity contribution >= 4 is 7.60 Å². The minimum absolute atomic E-state index is 0.229. The van der Waals surface area contributed by atoms with Gasteiger partial charge in [-0.05, 0) is 12.0 Å². The third-order valence-electron chi connectivity index (χ3n) is 2.04. The highest BCUT2D eigenvalue weighted by Gasteiger charge is 2.31. The van der Waals surface area contributed by atoms with Crippen LogP contribution in [0.4, 0.5) is 0 Å². The minimum atomic E-state index is -4.52. The summed E-state index contributed by atoms with van der Waals surface area (Å²) in [5.41, 5.74) is 6.32. The molecule has 0 aliphatic heterocycles. The highest BCUT2D eigenvalue weighted by Crippen LogP contribution is 2.41. The fourth-order valence-electron chi connectivity index (χ4n) is 1.24. The molecule has 0 fully saturated rings. The molecule has 0 saturated heterocycles. The molecular weight excluding hydrogens is 217 g/mol. The molecule has 15 heavy (non-hydrogen) atoms. The van der Waals surface area contributed by atoms with Gasteiger partial charge in [-0.15, -0.1) is 0 Å². The summed E-state index contributed by atoms with van der Waals surface area (Å²) < 4.78 is 10.7. The van der Waals surface area contributed by atoms with E-state index in [4.69, 9.17) is 15.5 Å². The molecule has 0 aliphatic rings. The first-order valence-corrected chi connectivity index (χ1v) is 6.12. The lowest BCUT2D eigenvalue weighted by Crippen LogP contribution is -2.36. The van der Waals surface area contributed by atoms with Gasteiger partial charge in [0, 0.05) is 6.04 Å². The summed E-state index contributed by atoms with van der Waals surface area (Å²) in [6, 6.07) is 8.03. The van der Waals surface area contributed by atoms with E-state index in [1.165, 1.54) is 0 Å². The van der Waals surface area contributed by atoms with Gasteiger partial charge in [-0.1, -0.05) is 30.3 Å². The van der Waals surface area contributed by atoms with Crippen molar-refractivity contribution in [2.45, 2.75) is 18.3 Å². The molecule has 0 radical (unpaired) electrons. The molecule has 5 N–H and O–H groups in total. The standard InChI is InChI=1S/C9H14NO4P/c10-8(9(11)15(12,13)14)6-7-4-2-1-3-5-7/h1-5,8-9,11H,6,10H2,(H2,12,13,14)/t8-,9+/m0/s1. The number of hydrogen-bond donors (Lipinski definition) is 4. The molecule has 0 amide bonds. The molecule has 1 aromatic carbocycles. The number of nitrogens with two attached hydrogens (primary N) is 1. The number of benzene rings is 1. The van der Waals surface area contributed by atoms with Crippen molar-refractivity contribution in [1.82, 2.24) is 0 Å². The zero-order chi connectivity index (χ0) is 11.5. The summed E-state index contributed by atoms with van der Waals surface area (Å²) in [7, 11) is -4.52. The van der Waals surface area contributed by atoms with Crippen LogP contribution < -0.4 is 5.73 Å². The van der Waals surface area contributed by atoms with Crippen LogP contribution in [-0.4, -0.2) is 26.8 Å². The summed E-state index contributed by atoms with van der Waals surface area (Å²) >= 11 is 0. The van der Waals surface area contributed by atoms with Gasteiger partial charge >= 0.3 is 7.60 Å². The first-order valence-electron chi connectivity index (χ1n) is 4.44. The van der Waals surface area contributed by atoms with Gasteiger partial charge in [-0.25, -0.2) is 0 Å². The predicted molar refractivity (Wildman–Crippen MR) is 56.2 cm³/mol. The Balaban J connectivity index is 2.64. The van der Waals surface area contributed by atoms with Crippen molar-refractivity contribution in [3.8, 4) is 0 Å². The van der Waals surface area contributed by atoms with Crippen LogP contribution in [0.15, 0.2) is 30.3 Å². The van der Waals surface area contributed by atoms with Gasteiger partial charge in [0.1, 0.15) is 0 Å². The number of aliphatic hydroxyl groups excluding tert-OH is 1. The molecule has 2 atom stereocenters. The SMILES string of the molecule is N[C@@H](Cc1ccccc1)[C@H](O)P(=O)(O)O.